The molecular weight excluding hydrogens is 410 g/mol. The van der Waals surface area contributed by atoms with Crippen LogP contribution in [-0.4, -0.2) is 61.0 Å². The molecule has 0 bridgehead atoms. The number of aliphatic carboxylic acids is 1. The summed E-state index contributed by atoms with van der Waals surface area (Å²) in [5.74, 6) is -3.77. The van der Waals surface area contributed by atoms with Crippen molar-refractivity contribution in [1.29, 1.82) is 0 Å². The zero-order valence-electron chi connectivity index (χ0n) is 15.9. The van der Waals surface area contributed by atoms with Gasteiger partial charge in [0.15, 0.2) is 9.84 Å². The summed E-state index contributed by atoms with van der Waals surface area (Å²) in [7, 11) is -3.56. The van der Waals surface area contributed by atoms with Gasteiger partial charge in [-0.15, -0.1) is 0 Å². The summed E-state index contributed by atoms with van der Waals surface area (Å²) >= 11 is 0. The van der Waals surface area contributed by atoms with Crippen LogP contribution < -0.4 is 5.32 Å². The molecule has 9 heteroatoms. The lowest BCUT2D eigenvalue weighted by atomic mass is 9.97. The SMILES string of the molecule is O=C(NC(C(=O)O)C1CS(=O)(=O)CC1O)OCC1c2ccccc2-c2ccccc21. The summed E-state index contributed by atoms with van der Waals surface area (Å²) < 4.78 is 28.7. The summed E-state index contributed by atoms with van der Waals surface area (Å²) in [6.07, 6.45) is -2.33. The molecule has 1 fully saturated rings. The Kier molecular flexibility index (Phi) is 5.25. The highest BCUT2D eigenvalue weighted by molar-refractivity contribution is 7.91. The van der Waals surface area contributed by atoms with Gasteiger partial charge in [0.1, 0.15) is 12.6 Å². The number of benzene rings is 2. The van der Waals surface area contributed by atoms with E-state index >= 15 is 0 Å². The molecule has 2 aliphatic rings. The molecule has 4 rings (SSSR count). The van der Waals surface area contributed by atoms with Gasteiger partial charge in [0.25, 0.3) is 0 Å². The molecule has 1 aliphatic carbocycles. The van der Waals surface area contributed by atoms with Crippen LogP contribution in [0, 0.1) is 5.92 Å². The Morgan fingerprint density at radius 2 is 1.60 bits per heavy atom. The molecule has 3 atom stereocenters. The van der Waals surface area contributed by atoms with E-state index in [1.165, 1.54) is 0 Å². The average Bonchev–Trinajstić information content (AvgIpc) is 3.17. The molecular formula is C21H21NO7S. The van der Waals surface area contributed by atoms with Crippen molar-refractivity contribution >= 4 is 21.9 Å². The van der Waals surface area contributed by atoms with Gasteiger partial charge in [-0.05, 0) is 22.3 Å². The van der Waals surface area contributed by atoms with E-state index < -0.39 is 51.5 Å². The Morgan fingerprint density at radius 1 is 1.03 bits per heavy atom. The Hall–Kier alpha value is -2.91. The predicted molar refractivity (Wildman–Crippen MR) is 108 cm³/mol. The van der Waals surface area contributed by atoms with E-state index in [0.717, 1.165) is 22.3 Å². The predicted octanol–water partition coefficient (Wildman–Crippen LogP) is 1.38. The maximum absolute atomic E-state index is 12.3. The number of carbonyl (C=O) groups is 2. The second-order valence-corrected chi connectivity index (χ2v) is 9.75. The van der Waals surface area contributed by atoms with Crippen LogP contribution in [0.3, 0.4) is 0 Å². The Bertz CT molecular complexity index is 1050. The number of aliphatic hydroxyl groups is 1. The van der Waals surface area contributed by atoms with Crippen LogP contribution in [0.4, 0.5) is 4.79 Å². The van der Waals surface area contributed by atoms with Crippen molar-refractivity contribution in [3.8, 4) is 11.1 Å². The molecule has 8 nitrogen and oxygen atoms in total. The van der Waals surface area contributed by atoms with E-state index in [2.05, 4.69) is 5.32 Å². The number of hydrogen-bond donors (Lipinski definition) is 3. The fourth-order valence-corrected chi connectivity index (χ4v) is 6.20. The lowest BCUT2D eigenvalue weighted by molar-refractivity contribution is -0.141. The van der Waals surface area contributed by atoms with E-state index in [-0.39, 0.29) is 12.5 Å². The van der Waals surface area contributed by atoms with Crippen molar-refractivity contribution in [3.63, 3.8) is 0 Å². The molecule has 30 heavy (non-hydrogen) atoms. The summed E-state index contributed by atoms with van der Waals surface area (Å²) in [5.41, 5.74) is 4.15. The number of carboxylic acid groups (broad SMARTS) is 1. The van der Waals surface area contributed by atoms with Crippen LogP contribution in [0.1, 0.15) is 17.0 Å². The molecule has 1 saturated heterocycles. The van der Waals surface area contributed by atoms with Crippen LogP contribution >= 0.6 is 0 Å². The third-order valence-electron chi connectivity index (χ3n) is 5.68. The quantitative estimate of drug-likeness (QED) is 0.652. The first-order valence-corrected chi connectivity index (χ1v) is 11.3. The molecule has 0 spiro atoms. The average molecular weight is 431 g/mol. The Labute approximate surface area is 173 Å². The maximum Gasteiger partial charge on any atom is 0.407 e. The zero-order chi connectivity index (χ0) is 21.5. The van der Waals surface area contributed by atoms with Crippen molar-refractivity contribution in [2.75, 3.05) is 18.1 Å². The first-order chi connectivity index (χ1) is 14.3. The molecule has 3 N–H and O–H groups in total. The third kappa shape index (κ3) is 3.78. The minimum Gasteiger partial charge on any atom is -0.480 e. The van der Waals surface area contributed by atoms with Crippen molar-refractivity contribution in [3.05, 3.63) is 59.7 Å². The smallest absolute Gasteiger partial charge is 0.407 e. The number of amides is 1. The second-order valence-electron chi connectivity index (χ2n) is 7.59. The summed E-state index contributed by atoms with van der Waals surface area (Å²) in [5, 5.41) is 21.6. The number of carboxylic acids is 1. The lowest BCUT2D eigenvalue weighted by Crippen LogP contribution is -2.49. The van der Waals surface area contributed by atoms with Crippen LogP contribution in [0.5, 0.6) is 0 Å². The minimum atomic E-state index is -3.56. The number of rotatable bonds is 5. The van der Waals surface area contributed by atoms with E-state index in [9.17, 15) is 28.2 Å². The second kappa shape index (κ2) is 7.73. The van der Waals surface area contributed by atoms with Gasteiger partial charge in [0.05, 0.1) is 17.6 Å². The largest absolute Gasteiger partial charge is 0.480 e. The summed E-state index contributed by atoms with van der Waals surface area (Å²) in [4.78, 5) is 23.9. The van der Waals surface area contributed by atoms with E-state index in [1.807, 2.05) is 48.5 Å². The molecule has 2 aromatic rings. The van der Waals surface area contributed by atoms with E-state index in [0.29, 0.717) is 0 Å². The molecule has 3 unspecified atom stereocenters. The summed E-state index contributed by atoms with van der Waals surface area (Å²) in [6.45, 7) is -0.00226. The highest BCUT2D eigenvalue weighted by Crippen LogP contribution is 2.44. The fraction of sp³-hybridized carbons (Fsp3) is 0.333. The van der Waals surface area contributed by atoms with Crippen molar-refractivity contribution < 1.29 is 33.0 Å². The van der Waals surface area contributed by atoms with E-state index in [1.54, 1.807) is 0 Å². The molecule has 0 saturated carbocycles. The Balaban J connectivity index is 1.46. The van der Waals surface area contributed by atoms with Gasteiger partial charge in [0.2, 0.25) is 0 Å². The standard InChI is InChI=1S/C21H21NO7S/c23-18-11-30(27,28)10-17(18)19(20(24)25)22-21(26)29-9-16-14-7-3-1-5-12(14)13-6-2-4-8-15(13)16/h1-8,16-19,23H,9-11H2,(H,22,26)(H,24,25). The molecule has 1 heterocycles. The number of carbonyl (C=O) groups excluding carboxylic acids is 1. The van der Waals surface area contributed by atoms with Gasteiger partial charge in [-0.3, -0.25) is 0 Å². The van der Waals surface area contributed by atoms with Gasteiger partial charge in [-0.1, -0.05) is 48.5 Å². The molecule has 158 valence electrons. The number of alkyl carbamates (subject to hydrolysis) is 1. The number of fused-ring (bicyclic) bond motifs is 3. The maximum atomic E-state index is 12.3. The normalized spacial score (nSPS) is 22.7. The number of ether oxygens (including phenoxy) is 1. The molecule has 0 aromatic heterocycles. The van der Waals surface area contributed by atoms with Crippen LogP contribution in [0.25, 0.3) is 11.1 Å². The first-order valence-electron chi connectivity index (χ1n) is 9.49. The van der Waals surface area contributed by atoms with Crippen LogP contribution in [0.15, 0.2) is 48.5 Å². The first kappa shape index (κ1) is 20.4. The number of aliphatic hydroxyl groups excluding tert-OH is 1. The third-order valence-corrected chi connectivity index (χ3v) is 7.42. The highest BCUT2D eigenvalue weighted by atomic mass is 32.2. The van der Waals surface area contributed by atoms with Gasteiger partial charge < -0.3 is 20.3 Å². The monoisotopic (exact) mass is 431 g/mol. The van der Waals surface area contributed by atoms with Gasteiger partial charge in [-0.2, -0.15) is 0 Å². The molecule has 2 aromatic carbocycles. The topological polar surface area (TPSA) is 130 Å². The lowest BCUT2D eigenvalue weighted by Gasteiger charge is -2.22. The number of nitrogens with one attached hydrogen (secondary N) is 1. The van der Waals surface area contributed by atoms with Gasteiger partial charge in [-0.25, -0.2) is 18.0 Å². The van der Waals surface area contributed by atoms with Gasteiger partial charge in [0, 0.05) is 11.8 Å². The van der Waals surface area contributed by atoms with Crippen LogP contribution in [-0.2, 0) is 19.4 Å². The molecule has 1 amide bonds. The minimum absolute atomic E-state index is 0.00226. The van der Waals surface area contributed by atoms with Crippen LogP contribution in [0.2, 0.25) is 0 Å². The number of hydrogen-bond acceptors (Lipinski definition) is 6. The van der Waals surface area contributed by atoms with Crippen molar-refractivity contribution in [2.24, 2.45) is 5.92 Å². The summed E-state index contributed by atoms with van der Waals surface area (Å²) in [6, 6.07) is 14.0. The zero-order valence-corrected chi connectivity index (χ0v) is 16.7. The number of sulfone groups is 1. The Morgan fingerprint density at radius 3 is 2.10 bits per heavy atom. The van der Waals surface area contributed by atoms with Crippen molar-refractivity contribution in [2.45, 2.75) is 18.1 Å². The molecule has 0 radical (unpaired) electrons. The molecule has 1 aliphatic heterocycles. The van der Waals surface area contributed by atoms with E-state index in [4.69, 9.17) is 4.74 Å². The van der Waals surface area contributed by atoms with Gasteiger partial charge >= 0.3 is 12.1 Å². The highest BCUT2D eigenvalue weighted by Gasteiger charge is 2.45. The fourth-order valence-electron chi connectivity index (χ4n) is 4.29. The van der Waals surface area contributed by atoms with Crippen molar-refractivity contribution in [1.82, 2.24) is 5.32 Å².